The van der Waals surface area contributed by atoms with Crippen molar-refractivity contribution in [3.8, 4) is 5.75 Å². The first-order valence-electron chi connectivity index (χ1n) is 13.1. The lowest BCUT2D eigenvalue weighted by molar-refractivity contribution is -0.139. The highest BCUT2D eigenvalue weighted by Gasteiger charge is 2.46. The van der Waals surface area contributed by atoms with Gasteiger partial charge in [-0.05, 0) is 80.2 Å². The molecule has 1 fully saturated rings. The van der Waals surface area contributed by atoms with Crippen molar-refractivity contribution in [2.24, 2.45) is 5.92 Å². The molecule has 6 heteroatoms. The molecular weight excluding hydrogens is 464 g/mol. The van der Waals surface area contributed by atoms with Crippen LogP contribution in [0.15, 0.2) is 48.0 Å². The lowest BCUT2D eigenvalue weighted by atomic mass is 9.85. The van der Waals surface area contributed by atoms with Crippen LogP contribution in [0.4, 0.5) is 0 Å². The number of carbonyl (C=O) groups is 2. The Kier molecular flexibility index (Phi) is 8.85. The molecule has 0 aliphatic carbocycles. The van der Waals surface area contributed by atoms with E-state index in [9.17, 15) is 14.7 Å². The van der Waals surface area contributed by atoms with Gasteiger partial charge in [-0.3, -0.25) is 9.59 Å². The standard InChI is InChI=1S/C31H42N2O4/c1-20(2)19-37-24-14-15-25(21(3)18-24)28(34)26-27(22-10-12-23(13-11-22)31(4,5)6)33(30(36)29(26)35)17-9-16-32(7)8/h10-15,18,20,27,34H,9,16-17,19H2,1-8H3/b28-26+/t27-/m1/s1. The van der Waals surface area contributed by atoms with Crippen LogP contribution >= 0.6 is 0 Å². The zero-order chi connectivity index (χ0) is 27.5. The first-order valence-corrected chi connectivity index (χ1v) is 13.1. The van der Waals surface area contributed by atoms with E-state index in [2.05, 4.69) is 39.5 Å². The number of ether oxygens (including phenoxy) is 1. The average molecular weight is 507 g/mol. The highest BCUT2D eigenvalue weighted by Crippen LogP contribution is 2.40. The third-order valence-electron chi connectivity index (χ3n) is 6.67. The monoisotopic (exact) mass is 506 g/mol. The number of likely N-dealkylation sites (tertiary alicyclic amines) is 1. The molecule has 2 aromatic rings. The van der Waals surface area contributed by atoms with Crippen LogP contribution in [0.1, 0.15) is 69.3 Å². The Morgan fingerprint density at radius 1 is 1.08 bits per heavy atom. The SMILES string of the molecule is Cc1cc(OCC(C)C)ccc1/C(O)=C1\C(=O)C(=O)N(CCCN(C)C)[C@@H]1c1ccc(C(C)(C)C)cc1. The van der Waals surface area contributed by atoms with E-state index in [4.69, 9.17) is 4.74 Å². The topological polar surface area (TPSA) is 70.1 Å². The number of nitrogens with zero attached hydrogens (tertiary/aromatic N) is 2. The largest absolute Gasteiger partial charge is 0.507 e. The van der Waals surface area contributed by atoms with E-state index >= 15 is 0 Å². The fraction of sp³-hybridized carbons (Fsp3) is 0.484. The first-order chi connectivity index (χ1) is 17.3. The van der Waals surface area contributed by atoms with Crippen LogP contribution in [-0.2, 0) is 15.0 Å². The zero-order valence-electron chi connectivity index (χ0n) is 23.6. The molecule has 1 N–H and O–H groups in total. The summed E-state index contributed by atoms with van der Waals surface area (Å²) in [5, 5.41) is 11.5. The first kappa shape index (κ1) is 28.5. The summed E-state index contributed by atoms with van der Waals surface area (Å²) >= 11 is 0. The van der Waals surface area contributed by atoms with Gasteiger partial charge in [-0.15, -0.1) is 0 Å². The minimum atomic E-state index is -0.646. The number of ketones is 1. The van der Waals surface area contributed by atoms with Gasteiger partial charge in [0.15, 0.2) is 0 Å². The number of amides is 1. The van der Waals surface area contributed by atoms with Gasteiger partial charge in [0.05, 0.1) is 18.2 Å². The van der Waals surface area contributed by atoms with Crippen molar-refractivity contribution in [1.82, 2.24) is 9.80 Å². The molecule has 0 saturated carbocycles. The van der Waals surface area contributed by atoms with E-state index < -0.39 is 17.7 Å². The molecular formula is C31H42N2O4. The molecule has 200 valence electrons. The van der Waals surface area contributed by atoms with E-state index in [1.807, 2.05) is 51.4 Å². The second-order valence-electron chi connectivity index (χ2n) is 11.7. The highest BCUT2D eigenvalue weighted by atomic mass is 16.5. The Hall–Kier alpha value is -3.12. The Labute approximate surface area is 221 Å². The van der Waals surface area contributed by atoms with E-state index in [0.29, 0.717) is 30.4 Å². The molecule has 1 aliphatic heterocycles. The van der Waals surface area contributed by atoms with Gasteiger partial charge in [0.25, 0.3) is 11.7 Å². The van der Waals surface area contributed by atoms with Gasteiger partial charge in [0, 0.05) is 12.1 Å². The number of hydrogen-bond acceptors (Lipinski definition) is 5. The fourth-order valence-electron chi connectivity index (χ4n) is 4.58. The molecule has 1 atom stereocenters. The van der Waals surface area contributed by atoms with Crippen LogP contribution < -0.4 is 4.74 Å². The van der Waals surface area contributed by atoms with Crippen molar-refractivity contribution >= 4 is 17.4 Å². The predicted molar refractivity (Wildman–Crippen MR) is 149 cm³/mol. The molecule has 2 aromatic carbocycles. The van der Waals surface area contributed by atoms with Crippen molar-refractivity contribution in [2.75, 3.05) is 33.8 Å². The number of carbonyl (C=O) groups excluding carboxylic acids is 2. The Morgan fingerprint density at radius 3 is 2.27 bits per heavy atom. The molecule has 1 amide bonds. The molecule has 1 aliphatic rings. The second kappa shape index (κ2) is 11.5. The number of aliphatic hydroxyl groups excluding tert-OH is 1. The predicted octanol–water partition coefficient (Wildman–Crippen LogP) is 5.70. The molecule has 1 saturated heterocycles. The quantitative estimate of drug-likeness (QED) is 0.268. The van der Waals surface area contributed by atoms with Crippen LogP contribution in [0.5, 0.6) is 5.75 Å². The van der Waals surface area contributed by atoms with Crippen molar-refractivity contribution in [3.63, 3.8) is 0 Å². The fourth-order valence-corrected chi connectivity index (χ4v) is 4.58. The average Bonchev–Trinajstić information content (AvgIpc) is 3.06. The maximum absolute atomic E-state index is 13.3. The lowest BCUT2D eigenvalue weighted by Crippen LogP contribution is -2.32. The van der Waals surface area contributed by atoms with Gasteiger partial charge in [0.2, 0.25) is 0 Å². The number of benzene rings is 2. The smallest absolute Gasteiger partial charge is 0.295 e. The van der Waals surface area contributed by atoms with Crippen molar-refractivity contribution < 1.29 is 19.4 Å². The highest BCUT2D eigenvalue weighted by molar-refractivity contribution is 6.46. The second-order valence-corrected chi connectivity index (χ2v) is 11.7. The lowest BCUT2D eigenvalue weighted by Gasteiger charge is -2.27. The summed E-state index contributed by atoms with van der Waals surface area (Å²) in [7, 11) is 3.96. The summed E-state index contributed by atoms with van der Waals surface area (Å²) in [6, 6.07) is 12.8. The van der Waals surface area contributed by atoms with E-state index in [1.54, 1.807) is 17.0 Å². The Morgan fingerprint density at radius 2 is 1.73 bits per heavy atom. The van der Waals surface area contributed by atoms with Gasteiger partial charge in [-0.1, -0.05) is 58.9 Å². The summed E-state index contributed by atoms with van der Waals surface area (Å²) in [5.41, 5.74) is 3.39. The van der Waals surface area contributed by atoms with Crippen LogP contribution in [0, 0.1) is 12.8 Å². The van der Waals surface area contributed by atoms with Crippen molar-refractivity contribution in [1.29, 1.82) is 0 Å². The summed E-state index contributed by atoms with van der Waals surface area (Å²) < 4.78 is 5.83. The van der Waals surface area contributed by atoms with E-state index in [-0.39, 0.29) is 16.7 Å². The molecule has 0 unspecified atom stereocenters. The molecule has 3 rings (SSSR count). The van der Waals surface area contributed by atoms with Gasteiger partial charge >= 0.3 is 0 Å². The Balaban J connectivity index is 2.07. The third-order valence-corrected chi connectivity index (χ3v) is 6.67. The zero-order valence-corrected chi connectivity index (χ0v) is 23.6. The van der Waals surface area contributed by atoms with Crippen molar-refractivity contribution in [3.05, 3.63) is 70.3 Å². The van der Waals surface area contributed by atoms with Crippen LogP contribution in [-0.4, -0.2) is 60.4 Å². The van der Waals surface area contributed by atoms with Gasteiger partial charge in [-0.25, -0.2) is 0 Å². The molecule has 0 radical (unpaired) electrons. The van der Waals surface area contributed by atoms with Crippen LogP contribution in [0.2, 0.25) is 0 Å². The number of aryl methyl sites for hydroxylation is 1. The number of hydrogen-bond donors (Lipinski definition) is 1. The van der Waals surface area contributed by atoms with Gasteiger partial charge < -0.3 is 19.6 Å². The minimum absolute atomic E-state index is 0.0252. The maximum atomic E-state index is 13.3. The van der Waals surface area contributed by atoms with Gasteiger partial charge in [0.1, 0.15) is 11.5 Å². The summed E-state index contributed by atoms with van der Waals surface area (Å²) in [6.45, 7) is 14.3. The molecule has 0 spiro atoms. The van der Waals surface area contributed by atoms with Crippen LogP contribution in [0.3, 0.4) is 0 Å². The summed E-state index contributed by atoms with van der Waals surface area (Å²) in [5.74, 6) is -0.263. The van der Waals surface area contributed by atoms with E-state index in [0.717, 1.165) is 29.7 Å². The van der Waals surface area contributed by atoms with Crippen LogP contribution in [0.25, 0.3) is 5.76 Å². The Bertz CT molecular complexity index is 1160. The third kappa shape index (κ3) is 6.61. The molecule has 37 heavy (non-hydrogen) atoms. The summed E-state index contributed by atoms with van der Waals surface area (Å²) in [4.78, 5) is 30.2. The minimum Gasteiger partial charge on any atom is -0.507 e. The molecule has 1 heterocycles. The van der Waals surface area contributed by atoms with Gasteiger partial charge in [-0.2, -0.15) is 0 Å². The number of rotatable bonds is 9. The number of Topliss-reactive ketones (excluding diaryl/α,β-unsaturated/α-hetero) is 1. The molecule has 6 nitrogen and oxygen atoms in total. The normalized spacial score (nSPS) is 17.8. The molecule has 0 aromatic heterocycles. The number of aliphatic hydroxyl groups is 1. The van der Waals surface area contributed by atoms with Crippen molar-refractivity contribution in [2.45, 2.75) is 59.4 Å². The maximum Gasteiger partial charge on any atom is 0.295 e. The molecule has 0 bridgehead atoms. The van der Waals surface area contributed by atoms with E-state index in [1.165, 1.54) is 0 Å². The summed E-state index contributed by atoms with van der Waals surface area (Å²) in [6.07, 6.45) is 0.720.